The second kappa shape index (κ2) is 6.20. The van der Waals surface area contributed by atoms with Crippen LogP contribution in [0.1, 0.15) is 58.9 Å². The lowest BCUT2D eigenvalue weighted by atomic mass is 9.58. The fraction of sp³-hybridized carbons (Fsp3) is 0.435. The molecule has 0 aliphatic heterocycles. The van der Waals surface area contributed by atoms with Crippen LogP contribution in [0.4, 0.5) is 0 Å². The zero-order valence-electron chi connectivity index (χ0n) is 15.4. The molecule has 0 spiro atoms. The fourth-order valence-corrected chi connectivity index (χ4v) is 4.48. The molecule has 3 aliphatic carbocycles. The molecule has 1 nitrogen and oxygen atoms in total. The van der Waals surface area contributed by atoms with Gasteiger partial charge in [-0.15, -0.1) is 0 Å². The molecule has 0 aromatic rings. The molecular formula is C23H28O. The van der Waals surface area contributed by atoms with Crippen LogP contribution in [0.25, 0.3) is 11.1 Å². The van der Waals surface area contributed by atoms with E-state index in [1.54, 1.807) is 6.92 Å². The largest absolute Gasteiger partial charge is 0.300 e. The van der Waals surface area contributed by atoms with Gasteiger partial charge >= 0.3 is 0 Å². The Morgan fingerprint density at radius 3 is 2.21 bits per heavy atom. The van der Waals surface area contributed by atoms with Crippen LogP contribution in [0.2, 0.25) is 0 Å². The summed E-state index contributed by atoms with van der Waals surface area (Å²) in [5.41, 5.74) is 5.52. The van der Waals surface area contributed by atoms with E-state index in [0.717, 1.165) is 6.42 Å². The summed E-state index contributed by atoms with van der Waals surface area (Å²) >= 11 is 0. The van der Waals surface area contributed by atoms with E-state index in [1.165, 1.54) is 35.1 Å². The Hall–Kier alpha value is -1.89. The van der Waals surface area contributed by atoms with Crippen LogP contribution >= 0.6 is 0 Å². The Bertz CT molecular complexity index is 722. The van der Waals surface area contributed by atoms with E-state index >= 15 is 0 Å². The fourth-order valence-electron chi connectivity index (χ4n) is 4.48. The van der Waals surface area contributed by atoms with E-state index in [1.807, 2.05) is 0 Å². The number of rotatable bonds is 3. The number of fused-ring (bicyclic) bond motifs is 1. The third kappa shape index (κ3) is 3.05. The molecule has 24 heavy (non-hydrogen) atoms. The van der Waals surface area contributed by atoms with E-state index < -0.39 is 0 Å². The zero-order valence-corrected chi connectivity index (χ0v) is 15.4. The van der Waals surface area contributed by atoms with E-state index in [4.69, 9.17) is 0 Å². The van der Waals surface area contributed by atoms with Crippen molar-refractivity contribution in [2.45, 2.75) is 58.8 Å². The third-order valence-corrected chi connectivity index (χ3v) is 5.80. The molecule has 1 unspecified atom stereocenters. The summed E-state index contributed by atoms with van der Waals surface area (Å²) in [6.07, 6.45) is 6.33. The van der Waals surface area contributed by atoms with E-state index in [0.29, 0.717) is 6.42 Å². The van der Waals surface area contributed by atoms with Crippen molar-refractivity contribution in [1.29, 1.82) is 0 Å². The van der Waals surface area contributed by atoms with Gasteiger partial charge in [0.25, 0.3) is 0 Å². The van der Waals surface area contributed by atoms with Crippen LogP contribution in [0.15, 0.2) is 54.1 Å². The summed E-state index contributed by atoms with van der Waals surface area (Å²) in [6.45, 7) is 8.70. The Labute approximate surface area is 146 Å². The van der Waals surface area contributed by atoms with Crippen molar-refractivity contribution >= 4 is 5.78 Å². The van der Waals surface area contributed by atoms with Crippen molar-refractivity contribution < 1.29 is 4.79 Å². The minimum absolute atomic E-state index is 0.00761. The monoisotopic (exact) mass is 320 g/mol. The normalized spacial score (nSPS) is 25.1. The standard InChI is InChI=1S/C23H28O/c1-17(24)9-14-21-22(2,3)15-6-16-23(21,4)20-12-10-18-7-5-8-19(18)11-13-20/h5,7-8,10-14H,6,9,15-16H2,1-4H3/b21-14+. The molecule has 0 bridgehead atoms. The minimum Gasteiger partial charge on any atom is -0.300 e. The maximum Gasteiger partial charge on any atom is 0.133 e. The van der Waals surface area contributed by atoms with Crippen molar-refractivity contribution in [3.05, 3.63) is 59.7 Å². The highest BCUT2D eigenvalue weighted by molar-refractivity contribution is 5.77. The van der Waals surface area contributed by atoms with Crippen molar-refractivity contribution in [2.75, 3.05) is 0 Å². The summed E-state index contributed by atoms with van der Waals surface area (Å²) in [4.78, 5) is 11.6. The van der Waals surface area contributed by atoms with Crippen LogP contribution in [0, 0.1) is 5.41 Å². The maximum atomic E-state index is 11.6. The highest BCUT2D eigenvalue weighted by Gasteiger charge is 2.42. The molecular weight excluding hydrogens is 292 g/mol. The number of allylic oxidation sites excluding steroid dienone is 2. The topological polar surface area (TPSA) is 17.1 Å². The molecule has 0 aromatic carbocycles. The molecule has 0 aromatic heterocycles. The number of carbonyl (C=O) groups is 1. The third-order valence-electron chi connectivity index (χ3n) is 5.80. The van der Waals surface area contributed by atoms with Gasteiger partial charge in [-0.05, 0) is 41.9 Å². The minimum atomic E-state index is 0.00761. The van der Waals surface area contributed by atoms with Crippen LogP contribution in [0.3, 0.4) is 0 Å². The molecule has 126 valence electrons. The molecule has 0 saturated heterocycles. The first-order valence-corrected chi connectivity index (χ1v) is 9.03. The first kappa shape index (κ1) is 17.0. The first-order chi connectivity index (χ1) is 11.3. The number of hydrogen-bond acceptors (Lipinski definition) is 1. The number of Topliss-reactive ketones (excluding diaryl/α,β-unsaturated/α-hetero) is 1. The van der Waals surface area contributed by atoms with Crippen LogP contribution in [0.5, 0.6) is 0 Å². The summed E-state index contributed by atoms with van der Waals surface area (Å²) in [5.74, 6) is 0.239. The lowest BCUT2D eigenvalue weighted by molar-refractivity contribution is -0.116. The van der Waals surface area contributed by atoms with Gasteiger partial charge in [0.2, 0.25) is 0 Å². The van der Waals surface area contributed by atoms with Crippen LogP contribution in [-0.2, 0) is 10.2 Å². The SMILES string of the molecule is CC(=O)C/C=C1\C(C)(C)CCCC1(C)c1ccc2cccc-2cc1. The molecule has 3 rings (SSSR count). The Morgan fingerprint density at radius 1 is 1.00 bits per heavy atom. The summed E-state index contributed by atoms with van der Waals surface area (Å²) < 4.78 is 0. The summed E-state index contributed by atoms with van der Waals surface area (Å²) in [5, 5.41) is 0. The number of carbonyl (C=O) groups excluding carboxylic acids is 1. The van der Waals surface area contributed by atoms with Gasteiger partial charge in [-0.1, -0.05) is 81.3 Å². The molecule has 0 amide bonds. The molecule has 1 heteroatoms. The Balaban J connectivity index is 2.11. The second-order valence-electron chi connectivity index (χ2n) is 8.15. The first-order valence-electron chi connectivity index (χ1n) is 9.03. The van der Waals surface area contributed by atoms with Crippen molar-refractivity contribution in [2.24, 2.45) is 5.41 Å². The molecule has 0 N–H and O–H groups in total. The number of hydrogen-bond donors (Lipinski definition) is 0. The van der Waals surface area contributed by atoms with Gasteiger partial charge < -0.3 is 0 Å². The summed E-state index contributed by atoms with van der Waals surface area (Å²) in [6, 6.07) is 15.5. The molecule has 3 aliphatic rings. The molecule has 1 fully saturated rings. The van der Waals surface area contributed by atoms with Crippen LogP contribution < -0.4 is 0 Å². The zero-order chi connectivity index (χ0) is 17.4. The highest BCUT2D eigenvalue weighted by atomic mass is 16.1. The summed E-state index contributed by atoms with van der Waals surface area (Å²) in [7, 11) is 0. The quantitative estimate of drug-likeness (QED) is 0.618. The van der Waals surface area contributed by atoms with Gasteiger partial charge in [0.05, 0.1) is 0 Å². The molecule has 1 atom stereocenters. The molecule has 1 saturated carbocycles. The van der Waals surface area contributed by atoms with Gasteiger partial charge in [-0.25, -0.2) is 0 Å². The number of ketones is 1. The van der Waals surface area contributed by atoms with E-state index in [-0.39, 0.29) is 16.6 Å². The van der Waals surface area contributed by atoms with Crippen molar-refractivity contribution in [3.8, 4) is 11.1 Å². The lowest BCUT2D eigenvalue weighted by Crippen LogP contribution is -2.37. The van der Waals surface area contributed by atoms with Gasteiger partial charge in [-0.3, -0.25) is 4.79 Å². The molecule has 0 heterocycles. The predicted octanol–water partition coefficient (Wildman–Crippen LogP) is 6.16. The Kier molecular flexibility index (Phi) is 4.38. The highest BCUT2D eigenvalue weighted by Crippen LogP contribution is 2.52. The maximum absolute atomic E-state index is 11.6. The van der Waals surface area contributed by atoms with Crippen molar-refractivity contribution in [1.82, 2.24) is 0 Å². The predicted molar refractivity (Wildman–Crippen MR) is 101 cm³/mol. The smallest absolute Gasteiger partial charge is 0.133 e. The van der Waals surface area contributed by atoms with Gasteiger partial charge in [0, 0.05) is 11.8 Å². The van der Waals surface area contributed by atoms with Gasteiger partial charge in [0.1, 0.15) is 5.78 Å². The van der Waals surface area contributed by atoms with Gasteiger partial charge in [0.15, 0.2) is 0 Å². The van der Waals surface area contributed by atoms with E-state index in [2.05, 4.69) is 69.3 Å². The van der Waals surface area contributed by atoms with Crippen LogP contribution in [-0.4, -0.2) is 5.78 Å². The van der Waals surface area contributed by atoms with E-state index in [9.17, 15) is 4.79 Å². The van der Waals surface area contributed by atoms with Gasteiger partial charge in [-0.2, -0.15) is 0 Å². The second-order valence-corrected chi connectivity index (χ2v) is 8.15. The average Bonchev–Trinajstić information content (AvgIpc) is 2.84. The van der Waals surface area contributed by atoms with Crippen molar-refractivity contribution in [3.63, 3.8) is 0 Å². The average molecular weight is 320 g/mol. The molecule has 0 radical (unpaired) electrons. The Morgan fingerprint density at radius 2 is 1.62 bits per heavy atom. The lowest BCUT2D eigenvalue weighted by Gasteiger charge is -2.46.